The first-order chi connectivity index (χ1) is 14.7. The molecule has 1 unspecified atom stereocenters. The average Bonchev–Trinajstić information content (AvgIpc) is 3.40. The molecule has 1 aliphatic rings. The fourth-order valence-corrected chi connectivity index (χ4v) is 3.93. The van der Waals surface area contributed by atoms with Crippen LogP contribution >= 0.6 is 0 Å². The van der Waals surface area contributed by atoms with E-state index in [-0.39, 0.29) is 11.8 Å². The summed E-state index contributed by atoms with van der Waals surface area (Å²) >= 11 is 0. The molecule has 2 aromatic heterocycles. The standard InChI is InChI=1S/C22H22N6O2/c1-15-24-25-26-28(15)13-16-8-10-17(11-9-16)22(29)27-12-4-5-18(14-27)21-23-19-6-2-3-7-20(19)30-21/h2-3,6-11,18H,4-5,12-14H2,1H3. The maximum atomic E-state index is 13.1. The third kappa shape index (κ3) is 3.56. The van der Waals surface area contributed by atoms with Crippen LogP contribution in [0.25, 0.3) is 11.1 Å². The highest BCUT2D eigenvalue weighted by molar-refractivity contribution is 5.94. The molecular formula is C22H22N6O2. The minimum atomic E-state index is 0.0426. The maximum Gasteiger partial charge on any atom is 0.253 e. The molecule has 1 atom stereocenters. The molecule has 0 spiro atoms. The summed E-state index contributed by atoms with van der Waals surface area (Å²) in [5.74, 6) is 1.65. The molecule has 1 amide bonds. The van der Waals surface area contributed by atoms with Crippen LogP contribution in [0.15, 0.2) is 52.9 Å². The third-order valence-electron chi connectivity index (χ3n) is 5.61. The van der Waals surface area contributed by atoms with Crippen LogP contribution in [0.2, 0.25) is 0 Å². The molecule has 30 heavy (non-hydrogen) atoms. The Bertz CT molecular complexity index is 1150. The van der Waals surface area contributed by atoms with Gasteiger partial charge in [0, 0.05) is 18.7 Å². The van der Waals surface area contributed by atoms with Crippen molar-refractivity contribution in [2.45, 2.75) is 32.2 Å². The molecule has 0 saturated carbocycles. The number of aryl methyl sites for hydroxylation is 1. The summed E-state index contributed by atoms with van der Waals surface area (Å²) in [5, 5.41) is 11.5. The van der Waals surface area contributed by atoms with Crippen molar-refractivity contribution in [3.05, 3.63) is 71.4 Å². The smallest absolute Gasteiger partial charge is 0.253 e. The molecule has 5 rings (SSSR count). The van der Waals surface area contributed by atoms with Crippen molar-refractivity contribution in [2.75, 3.05) is 13.1 Å². The van der Waals surface area contributed by atoms with Crippen molar-refractivity contribution in [1.82, 2.24) is 30.1 Å². The number of piperidine rings is 1. The van der Waals surface area contributed by atoms with Gasteiger partial charge in [0.2, 0.25) is 0 Å². The summed E-state index contributed by atoms with van der Waals surface area (Å²) in [6.45, 7) is 3.82. The number of likely N-dealkylation sites (tertiary alicyclic amines) is 1. The van der Waals surface area contributed by atoms with Crippen molar-refractivity contribution < 1.29 is 9.21 Å². The number of rotatable bonds is 4. The van der Waals surface area contributed by atoms with Gasteiger partial charge in [-0.3, -0.25) is 4.79 Å². The van der Waals surface area contributed by atoms with Crippen LogP contribution in [0.5, 0.6) is 0 Å². The van der Waals surface area contributed by atoms with Gasteiger partial charge < -0.3 is 9.32 Å². The van der Waals surface area contributed by atoms with Crippen LogP contribution in [0.3, 0.4) is 0 Å². The molecule has 152 valence electrons. The number of amides is 1. The van der Waals surface area contributed by atoms with Gasteiger partial charge in [-0.1, -0.05) is 24.3 Å². The average molecular weight is 402 g/mol. The van der Waals surface area contributed by atoms with E-state index in [9.17, 15) is 4.79 Å². The van der Waals surface area contributed by atoms with E-state index in [2.05, 4.69) is 20.5 Å². The van der Waals surface area contributed by atoms with Gasteiger partial charge in [-0.25, -0.2) is 9.67 Å². The Labute approximate surface area is 173 Å². The number of fused-ring (bicyclic) bond motifs is 1. The first-order valence-corrected chi connectivity index (χ1v) is 10.1. The number of para-hydroxylation sites is 2. The highest BCUT2D eigenvalue weighted by Crippen LogP contribution is 2.29. The van der Waals surface area contributed by atoms with Crippen LogP contribution in [-0.2, 0) is 6.54 Å². The molecule has 1 fully saturated rings. The molecule has 3 heterocycles. The van der Waals surface area contributed by atoms with Gasteiger partial charge in [0.25, 0.3) is 5.91 Å². The second-order valence-corrected chi connectivity index (χ2v) is 7.69. The van der Waals surface area contributed by atoms with E-state index in [0.29, 0.717) is 18.7 Å². The minimum absolute atomic E-state index is 0.0426. The van der Waals surface area contributed by atoms with Gasteiger partial charge in [0.1, 0.15) is 11.3 Å². The molecule has 2 aromatic carbocycles. The van der Waals surface area contributed by atoms with E-state index in [1.165, 1.54) is 0 Å². The van der Waals surface area contributed by atoms with Crippen LogP contribution in [0.4, 0.5) is 0 Å². The lowest BCUT2D eigenvalue weighted by Crippen LogP contribution is -2.39. The Kier molecular flexibility index (Phi) is 4.74. The van der Waals surface area contributed by atoms with E-state index in [1.807, 2.05) is 60.4 Å². The zero-order valence-electron chi connectivity index (χ0n) is 16.7. The van der Waals surface area contributed by atoms with E-state index >= 15 is 0 Å². The summed E-state index contributed by atoms with van der Waals surface area (Å²) in [5.41, 5.74) is 3.39. The lowest BCUT2D eigenvalue weighted by atomic mass is 9.97. The quantitative estimate of drug-likeness (QED) is 0.521. The fraction of sp³-hybridized carbons (Fsp3) is 0.318. The second-order valence-electron chi connectivity index (χ2n) is 7.69. The zero-order valence-corrected chi connectivity index (χ0v) is 16.7. The number of oxazole rings is 1. The Hall–Kier alpha value is -3.55. The fourth-order valence-electron chi connectivity index (χ4n) is 3.93. The van der Waals surface area contributed by atoms with Crippen LogP contribution in [-0.4, -0.2) is 49.1 Å². The number of aromatic nitrogens is 5. The number of nitrogens with zero attached hydrogens (tertiary/aromatic N) is 6. The van der Waals surface area contributed by atoms with Crippen molar-refractivity contribution in [1.29, 1.82) is 0 Å². The number of benzene rings is 2. The number of hydrogen-bond acceptors (Lipinski definition) is 6. The topological polar surface area (TPSA) is 89.9 Å². The summed E-state index contributed by atoms with van der Waals surface area (Å²) in [6, 6.07) is 15.4. The highest BCUT2D eigenvalue weighted by atomic mass is 16.3. The molecule has 8 heteroatoms. The highest BCUT2D eigenvalue weighted by Gasteiger charge is 2.28. The van der Waals surface area contributed by atoms with Crippen molar-refractivity contribution in [3.8, 4) is 0 Å². The van der Waals surface area contributed by atoms with E-state index in [4.69, 9.17) is 4.42 Å². The summed E-state index contributed by atoms with van der Waals surface area (Å²) in [7, 11) is 0. The first kappa shape index (κ1) is 18.5. The van der Waals surface area contributed by atoms with E-state index in [0.717, 1.165) is 47.8 Å². The Morgan fingerprint density at radius 3 is 2.77 bits per heavy atom. The number of carbonyl (C=O) groups excluding carboxylic acids is 1. The molecule has 0 bridgehead atoms. The van der Waals surface area contributed by atoms with E-state index in [1.54, 1.807) is 4.68 Å². The molecule has 8 nitrogen and oxygen atoms in total. The number of hydrogen-bond donors (Lipinski definition) is 0. The maximum absolute atomic E-state index is 13.1. The Morgan fingerprint density at radius 2 is 2.00 bits per heavy atom. The SMILES string of the molecule is Cc1nnnn1Cc1ccc(C(=O)N2CCCC(c3nc4ccccc4o3)C2)cc1. The molecular weight excluding hydrogens is 380 g/mol. The number of carbonyl (C=O) groups is 1. The van der Waals surface area contributed by atoms with Crippen molar-refractivity contribution >= 4 is 17.0 Å². The summed E-state index contributed by atoms with van der Waals surface area (Å²) in [4.78, 5) is 19.6. The number of tetrazole rings is 1. The van der Waals surface area contributed by atoms with Crippen LogP contribution < -0.4 is 0 Å². The van der Waals surface area contributed by atoms with Gasteiger partial charge in [0.05, 0.1) is 12.5 Å². The van der Waals surface area contributed by atoms with Gasteiger partial charge in [-0.2, -0.15) is 0 Å². The summed E-state index contributed by atoms with van der Waals surface area (Å²) in [6.07, 6.45) is 1.91. The van der Waals surface area contributed by atoms with Gasteiger partial charge in [0.15, 0.2) is 11.5 Å². The van der Waals surface area contributed by atoms with Crippen molar-refractivity contribution in [2.24, 2.45) is 0 Å². The van der Waals surface area contributed by atoms with Crippen molar-refractivity contribution in [3.63, 3.8) is 0 Å². The molecule has 1 aliphatic heterocycles. The first-order valence-electron chi connectivity index (χ1n) is 10.1. The van der Waals surface area contributed by atoms with Gasteiger partial charge >= 0.3 is 0 Å². The largest absolute Gasteiger partial charge is 0.440 e. The molecule has 1 saturated heterocycles. The van der Waals surface area contributed by atoms with Crippen LogP contribution in [0, 0.1) is 6.92 Å². The lowest BCUT2D eigenvalue weighted by Gasteiger charge is -2.31. The normalized spacial score (nSPS) is 16.8. The minimum Gasteiger partial charge on any atom is -0.440 e. The molecule has 0 radical (unpaired) electrons. The van der Waals surface area contributed by atoms with Gasteiger partial charge in [-0.15, -0.1) is 5.10 Å². The van der Waals surface area contributed by atoms with Crippen LogP contribution in [0.1, 0.15) is 46.4 Å². The Balaban J connectivity index is 1.29. The van der Waals surface area contributed by atoms with E-state index < -0.39 is 0 Å². The summed E-state index contributed by atoms with van der Waals surface area (Å²) < 4.78 is 7.68. The predicted molar refractivity (Wildman–Crippen MR) is 110 cm³/mol. The zero-order chi connectivity index (χ0) is 20.5. The Morgan fingerprint density at radius 1 is 1.17 bits per heavy atom. The monoisotopic (exact) mass is 402 g/mol. The predicted octanol–water partition coefficient (Wildman–Crippen LogP) is 3.19. The molecule has 0 N–H and O–H groups in total. The molecule has 4 aromatic rings. The lowest BCUT2D eigenvalue weighted by molar-refractivity contribution is 0.0699. The van der Waals surface area contributed by atoms with Gasteiger partial charge in [-0.05, 0) is 60.0 Å². The third-order valence-corrected chi connectivity index (χ3v) is 5.61. The second kappa shape index (κ2) is 7.70. The molecule has 0 aliphatic carbocycles.